The lowest BCUT2D eigenvalue weighted by Crippen LogP contribution is -2.35. The first-order valence-electron chi connectivity index (χ1n) is 9.96. The summed E-state index contributed by atoms with van der Waals surface area (Å²) in [5.74, 6) is -0.448. The summed E-state index contributed by atoms with van der Waals surface area (Å²) in [6.45, 7) is 5.25. The van der Waals surface area contributed by atoms with Gasteiger partial charge in [0, 0.05) is 12.3 Å². The molecular weight excluding hydrogens is 397 g/mol. The standard InChI is InChI=1S/C19H29F3O5S/c1-17-10-5-7-16(27-28(23,24)19(20,21)22)15(17)9-8-14(17)6-3-4-11-18(2)25-12-13-26-18/h7,14-15H,3-6,8-13H2,1-2H3. The molecule has 2 fully saturated rings. The van der Waals surface area contributed by atoms with Crippen LogP contribution in [0.3, 0.4) is 0 Å². The Morgan fingerprint density at radius 1 is 1.18 bits per heavy atom. The summed E-state index contributed by atoms with van der Waals surface area (Å²) in [5, 5.41) is 0. The highest BCUT2D eigenvalue weighted by Crippen LogP contribution is 2.58. The van der Waals surface area contributed by atoms with Crippen LogP contribution in [0.15, 0.2) is 11.8 Å². The van der Waals surface area contributed by atoms with Crippen molar-refractivity contribution in [3.05, 3.63) is 11.8 Å². The van der Waals surface area contributed by atoms with Gasteiger partial charge < -0.3 is 13.7 Å². The van der Waals surface area contributed by atoms with E-state index in [4.69, 9.17) is 9.47 Å². The number of alkyl halides is 3. The number of rotatable bonds is 7. The SMILES string of the molecule is CC1(CCCCC2CCC3C(OS(=O)(=O)C(F)(F)F)=CCCC23C)OCCO1. The molecule has 3 aliphatic rings. The van der Waals surface area contributed by atoms with E-state index < -0.39 is 21.4 Å². The van der Waals surface area contributed by atoms with Gasteiger partial charge >= 0.3 is 15.6 Å². The Bertz CT molecular complexity index is 697. The number of hydrogen-bond acceptors (Lipinski definition) is 5. The van der Waals surface area contributed by atoms with Crippen molar-refractivity contribution in [3.8, 4) is 0 Å². The van der Waals surface area contributed by atoms with Crippen LogP contribution in [0.1, 0.15) is 65.2 Å². The van der Waals surface area contributed by atoms with Crippen molar-refractivity contribution in [3.63, 3.8) is 0 Å². The molecule has 9 heteroatoms. The number of hydrogen-bond donors (Lipinski definition) is 0. The highest BCUT2D eigenvalue weighted by Gasteiger charge is 2.54. The van der Waals surface area contributed by atoms with E-state index in [1.54, 1.807) is 0 Å². The molecular formula is C19H29F3O5S. The predicted molar refractivity (Wildman–Crippen MR) is 96.5 cm³/mol. The third-order valence-electron chi connectivity index (χ3n) is 6.73. The molecule has 1 heterocycles. The minimum Gasteiger partial charge on any atom is -0.381 e. The Hall–Kier alpha value is -0.800. The summed E-state index contributed by atoms with van der Waals surface area (Å²) in [7, 11) is -5.61. The van der Waals surface area contributed by atoms with E-state index in [1.807, 2.05) is 6.92 Å². The van der Waals surface area contributed by atoms with Crippen LogP contribution in [0.4, 0.5) is 13.2 Å². The van der Waals surface area contributed by atoms with Gasteiger partial charge in [-0.3, -0.25) is 0 Å². The fourth-order valence-electron chi connectivity index (χ4n) is 5.10. The molecule has 0 aromatic heterocycles. The highest BCUT2D eigenvalue weighted by molar-refractivity contribution is 7.87. The molecule has 162 valence electrons. The molecule has 2 aliphatic carbocycles. The first-order valence-corrected chi connectivity index (χ1v) is 11.4. The molecule has 1 saturated heterocycles. The number of allylic oxidation sites excluding steroid dienone is 2. The largest absolute Gasteiger partial charge is 0.534 e. The van der Waals surface area contributed by atoms with Crippen LogP contribution in [0, 0.1) is 17.3 Å². The first kappa shape index (κ1) is 21.9. The minimum atomic E-state index is -5.61. The number of ether oxygens (including phenoxy) is 2. The molecule has 1 saturated carbocycles. The lowest BCUT2D eigenvalue weighted by molar-refractivity contribution is -0.147. The third-order valence-corrected chi connectivity index (χ3v) is 7.70. The van der Waals surface area contributed by atoms with Crippen molar-refractivity contribution in [2.45, 2.75) is 76.5 Å². The minimum absolute atomic E-state index is 0.0196. The summed E-state index contributed by atoms with van der Waals surface area (Å²) in [6, 6.07) is 0. The van der Waals surface area contributed by atoms with Crippen LogP contribution in [0.2, 0.25) is 0 Å². The zero-order valence-corrected chi connectivity index (χ0v) is 17.2. The predicted octanol–water partition coefficient (Wildman–Crippen LogP) is 4.89. The lowest BCUT2D eigenvalue weighted by Gasteiger charge is -2.40. The van der Waals surface area contributed by atoms with Crippen molar-refractivity contribution in [2.24, 2.45) is 17.3 Å². The summed E-state index contributed by atoms with van der Waals surface area (Å²) in [6.07, 6.45) is 8.14. The molecule has 0 bridgehead atoms. The molecule has 0 amide bonds. The van der Waals surface area contributed by atoms with E-state index in [2.05, 4.69) is 11.1 Å². The van der Waals surface area contributed by atoms with E-state index in [0.717, 1.165) is 38.5 Å². The zero-order valence-electron chi connectivity index (χ0n) is 16.4. The third kappa shape index (κ3) is 4.36. The lowest BCUT2D eigenvalue weighted by atomic mass is 9.66. The molecule has 0 N–H and O–H groups in total. The molecule has 3 rings (SSSR count). The highest BCUT2D eigenvalue weighted by atomic mass is 32.2. The Morgan fingerprint density at radius 2 is 1.86 bits per heavy atom. The second kappa shape index (κ2) is 7.80. The monoisotopic (exact) mass is 426 g/mol. The first-order chi connectivity index (χ1) is 13.0. The van der Waals surface area contributed by atoms with Gasteiger partial charge in [-0.15, -0.1) is 0 Å². The summed E-state index contributed by atoms with van der Waals surface area (Å²) in [4.78, 5) is 0. The van der Waals surface area contributed by atoms with Crippen molar-refractivity contribution in [2.75, 3.05) is 13.2 Å². The molecule has 1 aliphatic heterocycles. The normalized spacial score (nSPS) is 32.8. The maximum absolute atomic E-state index is 12.7. The van der Waals surface area contributed by atoms with Gasteiger partial charge in [0.05, 0.1) is 13.2 Å². The van der Waals surface area contributed by atoms with Gasteiger partial charge in [0.15, 0.2) is 5.79 Å². The Kier molecular flexibility index (Phi) is 6.10. The molecule has 5 nitrogen and oxygen atoms in total. The van der Waals surface area contributed by atoms with Gasteiger partial charge in [-0.05, 0) is 62.9 Å². The van der Waals surface area contributed by atoms with Crippen LogP contribution >= 0.6 is 0 Å². The van der Waals surface area contributed by atoms with Crippen molar-refractivity contribution >= 4 is 10.1 Å². The van der Waals surface area contributed by atoms with E-state index in [-0.39, 0.29) is 17.1 Å². The number of fused-ring (bicyclic) bond motifs is 1. The molecule has 0 aromatic carbocycles. The van der Waals surface area contributed by atoms with Gasteiger partial charge in [-0.1, -0.05) is 13.3 Å². The summed E-state index contributed by atoms with van der Waals surface area (Å²) >= 11 is 0. The Labute approximate surface area is 164 Å². The van der Waals surface area contributed by atoms with Gasteiger partial charge in [0.2, 0.25) is 0 Å². The van der Waals surface area contributed by atoms with E-state index >= 15 is 0 Å². The molecule has 3 atom stereocenters. The Morgan fingerprint density at radius 3 is 2.50 bits per heavy atom. The van der Waals surface area contributed by atoms with Crippen LogP contribution in [-0.4, -0.2) is 32.9 Å². The fraction of sp³-hybridized carbons (Fsp3) is 0.895. The van der Waals surface area contributed by atoms with E-state index in [0.29, 0.717) is 32.0 Å². The second-order valence-electron chi connectivity index (χ2n) is 8.54. The maximum atomic E-state index is 12.7. The van der Waals surface area contributed by atoms with Crippen molar-refractivity contribution in [1.82, 2.24) is 0 Å². The molecule has 0 radical (unpaired) electrons. The number of unbranched alkanes of at least 4 members (excludes halogenated alkanes) is 1. The van der Waals surface area contributed by atoms with E-state index in [9.17, 15) is 21.6 Å². The van der Waals surface area contributed by atoms with Crippen molar-refractivity contribution < 1.29 is 35.2 Å². The van der Waals surface area contributed by atoms with E-state index in [1.165, 1.54) is 6.08 Å². The molecule has 3 unspecified atom stereocenters. The molecule has 28 heavy (non-hydrogen) atoms. The maximum Gasteiger partial charge on any atom is 0.534 e. The van der Waals surface area contributed by atoms with Gasteiger partial charge in [-0.2, -0.15) is 21.6 Å². The number of halogens is 3. The van der Waals surface area contributed by atoms with Gasteiger partial charge in [0.25, 0.3) is 0 Å². The van der Waals surface area contributed by atoms with Crippen LogP contribution in [-0.2, 0) is 23.8 Å². The Balaban J connectivity index is 1.57. The van der Waals surface area contributed by atoms with Crippen molar-refractivity contribution in [1.29, 1.82) is 0 Å². The average molecular weight is 426 g/mol. The van der Waals surface area contributed by atoms with Crippen LogP contribution in [0.5, 0.6) is 0 Å². The van der Waals surface area contributed by atoms with Crippen LogP contribution < -0.4 is 0 Å². The smallest absolute Gasteiger partial charge is 0.381 e. The quantitative estimate of drug-likeness (QED) is 0.330. The fourth-order valence-corrected chi connectivity index (χ4v) is 5.64. The zero-order chi connectivity index (χ0) is 20.6. The second-order valence-corrected chi connectivity index (χ2v) is 10.1. The molecule has 0 aromatic rings. The summed E-state index contributed by atoms with van der Waals surface area (Å²) < 4.78 is 76.8. The topological polar surface area (TPSA) is 61.8 Å². The average Bonchev–Trinajstić information content (AvgIpc) is 3.15. The van der Waals surface area contributed by atoms with Crippen LogP contribution in [0.25, 0.3) is 0 Å². The summed E-state index contributed by atoms with van der Waals surface area (Å²) in [5.41, 5.74) is -5.63. The van der Waals surface area contributed by atoms with Gasteiger partial charge in [0.1, 0.15) is 5.76 Å². The molecule has 0 spiro atoms. The van der Waals surface area contributed by atoms with Gasteiger partial charge in [-0.25, -0.2) is 0 Å².